The predicted molar refractivity (Wildman–Crippen MR) is 116 cm³/mol. The number of carbonyl (C=O) groups is 2. The Morgan fingerprint density at radius 3 is 2.72 bits per heavy atom. The summed E-state index contributed by atoms with van der Waals surface area (Å²) in [6, 6.07) is 7.15. The highest BCUT2D eigenvalue weighted by Gasteiger charge is 2.48. The van der Waals surface area contributed by atoms with E-state index in [-0.39, 0.29) is 43.3 Å². The maximum atomic E-state index is 12.8. The number of hydrogen-bond acceptors (Lipinski definition) is 5. The van der Waals surface area contributed by atoms with E-state index < -0.39 is 11.6 Å². The average molecular weight is 427 g/mol. The number of benzene rings is 1. The molecule has 1 aliphatic rings. The third-order valence-electron chi connectivity index (χ3n) is 5.65. The van der Waals surface area contributed by atoms with Gasteiger partial charge < -0.3 is 20.9 Å². The first-order valence-corrected chi connectivity index (χ1v) is 10.2. The average Bonchev–Trinajstić information content (AvgIpc) is 2.65. The third kappa shape index (κ3) is 6.69. The first kappa shape index (κ1) is 25.4. The van der Waals surface area contributed by atoms with Crippen LogP contribution in [-0.4, -0.2) is 42.3 Å². The molecular weight excluding hydrogens is 392 g/mol. The molecule has 1 amide bonds. The van der Waals surface area contributed by atoms with Crippen molar-refractivity contribution in [3.63, 3.8) is 0 Å². The second-order valence-electron chi connectivity index (χ2n) is 8.29. The molecule has 0 aromatic heterocycles. The van der Waals surface area contributed by atoms with Crippen LogP contribution in [0, 0.1) is 17.8 Å². The van der Waals surface area contributed by atoms with Crippen molar-refractivity contribution in [2.24, 2.45) is 23.5 Å². The summed E-state index contributed by atoms with van der Waals surface area (Å²) in [5.41, 5.74) is 5.44. The monoisotopic (exact) mass is 426 g/mol. The lowest BCUT2D eigenvalue weighted by Gasteiger charge is -2.43. The van der Waals surface area contributed by atoms with Crippen molar-refractivity contribution in [2.45, 2.75) is 52.1 Å². The Morgan fingerprint density at radius 2 is 2.07 bits per heavy atom. The number of carbonyl (C=O) groups excluding carboxylic acids is 2. The largest absolute Gasteiger partial charge is 0.461 e. The quantitative estimate of drug-likeness (QED) is 0.555. The smallest absolute Gasteiger partial charge is 0.338 e. The predicted octanol–water partition coefficient (Wildman–Crippen LogP) is 2.71. The van der Waals surface area contributed by atoms with Gasteiger partial charge in [-0.05, 0) is 54.7 Å². The van der Waals surface area contributed by atoms with Crippen molar-refractivity contribution in [1.29, 1.82) is 0 Å². The molecule has 1 aliphatic carbocycles. The van der Waals surface area contributed by atoms with Gasteiger partial charge in [0, 0.05) is 13.1 Å². The number of nitrogens with one attached hydrogen (secondary N) is 1. The summed E-state index contributed by atoms with van der Waals surface area (Å²) >= 11 is 0. The van der Waals surface area contributed by atoms with E-state index in [4.69, 9.17) is 10.5 Å². The Balaban J connectivity index is 0.00000420. The van der Waals surface area contributed by atoms with Crippen LogP contribution in [0.2, 0.25) is 0 Å². The van der Waals surface area contributed by atoms with Crippen LogP contribution in [0.25, 0.3) is 0 Å². The van der Waals surface area contributed by atoms with Crippen LogP contribution in [0.3, 0.4) is 0 Å². The molecule has 3 atom stereocenters. The van der Waals surface area contributed by atoms with Crippen molar-refractivity contribution >= 4 is 24.3 Å². The molecule has 6 nitrogen and oxygen atoms in total. The highest BCUT2D eigenvalue weighted by molar-refractivity contribution is 5.89. The minimum absolute atomic E-state index is 0. The number of ether oxygens (including phenoxy) is 1. The van der Waals surface area contributed by atoms with Gasteiger partial charge in [0.15, 0.2) is 0 Å². The molecule has 0 bridgehead atoms. The maximum Gasteiger partial charge on any atom is 0.338 e. The molecule has 7 heteroatoms. The fourth-order valence-corrected chi connectivity index (χ4v) is 4.20. The van der Waals surface area contributed by atoms with Crippen LogP contribution in [0.5, 0.6) is 0 Å². The van der Waals surface area contributed by atoms with Crippen molar-refractivity contribution in [3.8, 4) is 0 Å². The van der Waals surface area contributed by atoms with Gasteiger partial charge in [0.1, 0.15) is 12.2 Å². The van der Waals surface area contributed by atoms with E-state index in [0.717, 1.165) is 18.4 Å². The molecule has 164 valence electrons. The van der Waals surface area contributed by atoms with Crippen LogP contribution in [0.4, 0.5) is 0 Å². The molecule has 4 N–H and O–H groups in total. The summed E-state index contributed by atoms with van der Waals surface area (Å²) in [7, 11) is 0. The van der Waals surface area contributed by atoms with E-state index in [1.165, 1.54) is 0 Å². The molecule has 2 rings (SSSR count). The third-order valence-corrected chi connectivity index (χ3v) is 5.65. The summed E-state index contributed by atoms with van der Waals surface area (Å²) in [5.74, 6) is -0.122. The minimum Gasteiger partial charge on any atom is -0.461 e. The minimum atomic E-state index is -1.31. The van der Waals surface area contributed by atoms with E-state index >= 15 is 0 Å². The standard InChI is InChI=1S/C22H34N2O4.ClH/c1-15(2)19-8-7-16(3)14-22(19,27)21(26)24-11-9-17-5-4-6-18(13-17)20(25)28-12-10-23;/h4-6,13,15-16,19,27H,7-12,14,23H2,1-3H3,(H,24,26);1H/t16-,19+,22+;/m1./s1. The van der Waals surface area contributed by atoms with Crippen molar-refractivity contribution in [2.75, 3.05) is 19.7 Å². The van der Waals surface area contributed by atoms with Gasteiger partial charge in [-0.3, -0.25) is 4.79 Å². The lowest BCUT2D eigenvalue weighted by molar-refractivity contribution is -0.155. The molecule has 0 spiro atoms. The molecule has 0 saturated heterocycles. The highest BCUT2D eigenvalue weighted by Crippen LogP contribution is 2.41. The van der Waals surface area contributed by atoms with Gasteiger partial charge in [-0.15, -0.1) is 12.4 Å². The molecule has 1 fully saturated rings. The molecule has 1 saturated carbocycles. The van der Waals surface area contributed by atoms with Gasteiger partial charge in [-0.1, -0.05) is 39.3 Å². The number of hydrogen-bond donors (Lipinski definition) is 3. The van der Waals surface area contributed by atoms with Crippen LogP contribution in [-0.2, 0) is 16.0 Å². The van der Waals surface area contributed by atoms with E-state index in [1.807, 2.05) is 6.07 Å². The first-order chi connectivity index (χ1) is 13.3. The van der Waals surface area contributed by atoms with Gasteiger partial charge in [0.05, 0.1) is 5.56 Å². The normalized spacial score (nSPS) is 23.9. The van der Waals surface area contributed by atoms with Gasteiger partial charge in [-0.25, -0.2) is 4.79 Å². The molecule has 0 heterocycles. The number of rotatable bonds is 8. The lowest BCUT2D eigenvalue weighted by Crippen LogP contribution is -2.56. The van der Waals surface area contributed by atoms with E-state index in [9.17, 15) is 14.7 Å². The number of amides is 1. The number of esters is 1. The Morgan fingerprint density at radius 1 is 1.34 bits per heavy atom. The Bertz CT molecular complexity index is 683. The molecule has 0 radical (unpaired) electrons. The zero-order valence-corrected chi connectivity index (χ0v) is 18.5. The molecule has 0 unspecified atom stereocenters. The second kappa shape index (κ2) is 11.5. The molecular formula is C22H35ClN2O4. The zero-order chi connectivity index (χ0) is 20.7. The summed E-state index contributed by atoms with van der Waals surface area (Å²) in [5, 5.41) is 14.1. The molecule has 1 aromatic carbocycles. The van der Waals surface area contributed by atoms with Gasteiger partial charge in [-0.2, -0.15) is 0 Å². The van der Waals surface area contributed by atoms with Crippen molar-refractivity contribution in [1.82, 2.24) is 5.32 Å². The molecule has 1 aromatic rings. The number of nitrogens with two attached hydrogens (primary N) is 1. The Kier molecular flexibility index (Phi) is 10.1. The Hall–Kier alpha value is -1.63. The van der Waals surface area contributed by atoms with Crippen LogP contribution in [0.1, 0.15) is 56.0 Å². The summed E-state index contributed by atoms with van der Waals surface area (Å²) in [4.78, 5) is 24.8. The lowest BCUT2D eigenvalue weighted by atomic mass is 9.66. The highest BCUT2D eigenvalue weighted by atomic mass is 35.5. The van der Waals surface area contributed by atoms with Crippen LogP contribution >= 0.6 is 12.4 Å². The molecule has 0 aliphatic heterocycles. The SMILES string of the molecule is CC(C)[C@@H]1CC[C@@H](C)C[C@@]1(O)C(=O)NCCc1cccc(C(=O)OCCN)c1.Cl. The number of halogens is 1. The fourth-order valence-electron chi connectivity index (χ4n) is 4.20. The topological polar surface area (TPSA) is 102 Å². The molecule has 29 heavy (non-hydrogen) atoms. The number of aliphatic hydroxyl groups is 1. The zero-order valence-electron chi connectivity index (χ0n) is 17.6. The Labute approximate surface area is 180 Å². The summed E-state index contributed by atoms with van der Waals surface area (Å²) in [6.45, 7) is 7.09. The van der Waals surface area contributed by atoms with E-state index in [1.54, 1.807) is 18.2 Å². The fraction of sp³-hybridized carbons (Fsp3) is 0.636. The van der Waals surface area contributed by atoms with Gasteiger partial charge in [0.2, 0.25) is 0 Å². The van der Waals surface area contributed by atoms with Crippen LogP contribution in [0.15, 0.2) is 24.3 Å². The van der Waals surface area contributed by atoms with E-state index in [2.05, 4.69) is 26.1 Å². The summed E-state index contributed by atoms with van der Waals surface area (Å²) < 4.78 is 5.04. The van der Waals surface area contributed by atoms with Crippen LogP contribution < -0.4 is 11.1 Å². The second-order valence-corrected chi connectivity index (χ2v) is 8.29. The van der Waals surface area contributed by atoms with Crippen molar-refractivity contribution in [3.05, 3.63) is 35.4 Å². The van der Waals surface area contributed by atoms with Gasteiger partial charge >= 0.3 is 5.97 Å². The maximum absolute atomic E-state index is 12.8. The first-order valence-electron chi connectivity index (χ1n) is 10.2. The van der Waals surface area contributed by atoms with Crippen molar-refractivity contribution < 1.29 is 19.4 Å². The van der Waals surface area contributed by atoms with E-state index in [0.29, 0.717) is 30.9 Å². The summed E-state index contributed by atoms with van der Waals surface area (Å²) in [6.07, 6.45) is 2.99. The van der Waals surface area contributed by atoms with Gasteiger partial charge in [0.25, 0.3) is 5.91 Å².